The van der Waals surface area contributed by atoms with Gasteiger partial charge >= 0.3 is 0 Å². The van der Waals surface area contributed by atoms with Crippen LogP contribution in [0.5, 0.6) is 5.75 Å². The topological polar surface area (TPSA) is 90.4 Å². The zero-order chi connectivity index (χ0) is 21.1. The first-order valence-corrected chi connectivity index (χ1v) is 9.99. The number of rotatable bonds is 7. The number of fused-ring (bicyclic) bond motifs is 1. The van der Waals surface area contributed by atoms with Gasteiger partial charge in [0.05, 0.1) is 6.61 Å². The van der Waals surface area contributed by atoms with Crippen molar-refractivity contribution in [2.24, 2.45) is 0 Å². The molecule has 7 nitrogen and oxygen atoms in total. The molecule has 0 aliphatic carbocycles. The highest BCUT2D eigenvalue weighted by atomic mass is 16.6. The van der Waals surface area contributed by atoms with Gasteiger partial charge in [0, 0.05) is 16.5 Å². The first-order chi connectivity index (χ1) is 14.6. The number of nitrogens with one attached hydrogen (secondary N) is 1. The van der Waals surface area contributed by atoms with Crippen LogP contribution in [0.1, 0.15) is 41.9 Å². The maximum absolute atomic E-state index is 12.9. The van der Waals surface area contributed by atoms with Gasteiger partial charge in [-0.1, -0.05) is 19.9 Å². The second-order valence-electron chi connectivity index (χ2n) is 7.03. The van der Waals surface area contributed by atoms with E-state index >= 15 is 0 Å². The van der Waals surface area contributed by atoms with Gasteiger partial charge in [0.15, 0.2) is 11.5 Å². The number of anilines is 1. The lowest BCUT2D eigenvalue weighted by Gasteiger charge is -2.05. The molecule has 0 aliphatic rings. The fourth-order valence-corrected chi connectivity index (χ4v) is 3.26. The zero-order valence-corrected chi connectivity index (χ0v) is 17.2. The van der Waals surface area contributed by atoms with Gasteiger partial charge in [-0.3, -0.25) is 10.1 Å². The Kier molecular flexibility index (Phi) is 5.52. The molecule has 0 saturated carbocycles. The van der Waals surface area contributed by atoms with E-state index < -0.39 is 5.91 Å². The molecule has 0 spiro atoms. The average Bonchev–Trinajstić information content (AvgIpc) is 3.36. The molecule has 0 radical (unpaired) electrons. The van der Waals surface area contributed by atoms with E-state index in [9.17, 15) is 4.79 Å². The molecule has 4 rings (SSSR count). The fraction of sp³-hybridized carbons (Fsp3) is 0.261. The van der Waals surface area contributed by atoms with Crippen molar-refractivity contribution in [2.45, 2.75) is 33.6 Å². The van der Waals surface area contributed by atoms with Gasteiger partial charge in [0.25, 0.3) is 5.91 Å². The van der Waals surface area contributed by atoms with Crippen LogP contribution in [-0.4, -0.2) is 22.8 Å². The number of hydrogen-bond donors (Lipinski definition) is 1. The maximum atomic E-state index is 12.9. The Morgan fingerprint density at radius 2 is 1.90 bits per heavy atom. The molecule has 0 fully saturated rings. The molecule has 0 atom stereocenters. The van der Waals surface area contributed by atoms with Crippen LogP contribution < -0.4 is 10.1 Å². The van der Waals surface area contributed by atoms with E-state index in [0.29, 0.717) is 17.9 Å². The summed E-state index contributed by atoms with van der Waals surface area (Å²) < 4.78 is 16.3. The lowest BCUT2D eigenvalue weighted by molar-refractivity contribution is 0.0997. The third kappa shape index (κ3) is 3.78. The summed E-state index contributed by atoms with van der Waals surface area (Å²) in [5.41, 5.74) is 3.84. The fourth-order valence-electron chi connectivity index (χ4n) is 3.26. The first-order valence-electron chi connectivity index (χ1n) is 9.99. The van der Waals surface area contributed by atoms with Crippen molar-refractivity contribution in [3.8, 4) is 17.0 Å². The minimum Gasteiger partial charge on any atom is -0.494 e. The number of nitrogens with zero attached hydrogens (tertiary/aromatic N) is 2. The average molecular weight is 405 g/mol. The molecule has 0 unspecified atom stereocenters. The number of amides is 1. The van der Waals surface area contributed by atoms with Gasteiger partial charge in [-0.15, -0.1) is 0 Å². The van der Waals surface area contributed by atoms with Crippen LogP contribution in [0.4, 0.5) is 5.82 Å². The molecule has 2 aromatic carbocycles. The summed E-state index contributed by atoms with van der Waals surface area (Å²) in [4.78, 5) is 12.9. The van der Waals surface area contributed by atoms with Crippen LogP contribution in [0.25, 0.3) is 22.2 Å². The van der Waals surface area contributed by atoms with Crippen molar-refractivity contribution in [3.05, 3.63) is 59.4 Å². The third-order valence-corrected chi connectivity index (χ3v) is 4.94. The number of benzene rings is 2. The molecular weight excluding hydrogens is 382 g/mol. The van der Waals surface area contributed by atoms with Crippen molar-refractivity contribution >= 4 is 22.7 Å². The van der Waals surface area contributed by atoms with Crippen LogP contribution in [0, 0.1) is 6.92 Å². The Morgan fingerprint density at radius 1 is 1.10 bits per heavy atom. The van der Waals surface area contributed by atoms with Crippen LogP contribution in [0.15, 0.2) is 51.5 Å². The molecule has 7 heteroatoms. The summed E-state index contributed by atoms with van der Waals surface area (Å²) >= 11 is 0. The van der Waals surface area contributed by atoms with Crippen LogP contribution in [0.2, 0.25) is 0 Å². The monoisotopic (exact) mass is 405 g/mol. The number of carbonyl (C=O) groups excluding carboxylic acids is 1. The number of furan rings is 1. The van der Waals surface area contributed by atoms with E-state index in [-0.39, 0.29) is 11.6 Å². The molecule has 30 heavy (non-hydrogen) atoms. The van der Waals surface area contributed by atoms with Crippen molar-refractivity contribution in [1.29, 1.82) is 0 Å². The molecule has 1 amide bonds. The Bertz CT molecular complexity index is 1180. The SMILES string of the molecule is CCCOc1ccc(-c2nonc2NC(=O)c2oc3ccc(CC)cc3c2C)cc1. The first kappa shape index (κ1) is 19.7. The van der Waals surface area contributed by atoms with E-state index in [1.54, 1.807) is 0 Å². The molecular formula is C23H23N3O4. The van der Waals surface area contributed by atoms with E-state index in [1.165, 1.54) is 5.56 Å². The normalized spacial score (nSPS) is 11.0. The summed E-state index contributed by atoms with van der Waals surface area (Å²) in [6.45, 7) is 6.67. The summed E-state index contributed by atoms with van der Waals surface area (Å²) in [5.74, 6) is 0.848. The molecule has 2 aromatic heterocycles. The second kappa shape index (κ2) is 8.41. The lowest BCUT2D eigenvalue weighted by Crippen LogP contribution is -2.13. The van der Waals surface area contributed by atoms with Gasteiger partial charge < -0.3 is 9.15 Å². The number of aromatic nitrogens is 2. The van der Waals surface area contributed by atoms with Crippen molar-refractivity contribution in [2.75, 3.05) is 11.9 Å². The molecule has 1 N–H and O–H groups in total. The highest BCUT2D eigenvalue weighted by Crippen LogP contribution is 2.29. The Labute approximate surface area is 174 Å². The predicted molar refractivity (Wildman–Crippen MR) is 114 cm³/mol. The standard InChI is InChI=1S/C23H23N3O4/c1-4-12-28-17-9-7-16(8-10-17)20-22(26-30-25-20)24-23(27)21-14(3)18-13-15(5-2)6-11-19(18)29-21/h6-11,13H,4-5,12H2,1-3H3,(H,24,26,27). The zero-order valence-electron chi connectivity index (χ0n) is 17.2. The minimum atomic E-state index is -0.401. The summed E-state index contributed by atoms with van der Waals surface area (Å²) in [6.07, 6.45) is 1.85. The Balaban J connectivity index is 1.57. The van der Waals surface area contributed by atoms with Crippen LogP contribution in [-0.2, 0) is 6.42 Å². The number of ether oxygens (including phenoxy) is 1. The molecule has 4 aromatic rings. The molecule has 0 bridgehead atoms. The van der Waals surface area contributed by atoms with E-state index in [2.05, 4.69) is 35.5 Å². The van der Waals surface area contributed by atoms with Gasteiger partial charge in [0.2, 0.25) is 5.82 Å². The molecule has 0 aliphatic heterocycles. The van der Waals surface area contributed by atoms with Crippen LogP contribution >= 0.6 is 0 Å². The van der Waals surface area contributed by atoms with E-state index in [4.69, 9.17) is 13.8 Å². The second-order valence-corrected chi connectivity index (χ2v) is 7.03. The van der Waals surface area contributed by atoms with Crippen molar-refractivity contribution in [1.82, 2.24) is 10.3 Å². The lowest BCUT2D eigenvalue weighted by atomic mass is 10.1. The van der Waals surface area contributed by atoms with Gasteiger partial charge in [0.1, 0.15) is 11.3 Å². The van der Waals surface area contributed by atoms with Gasteiger partial charge in [-0.05, 0) is 72.0 Å². The number of carbonyl (C=O) groups is 1. The summed E-state index contributed by atoms with van der Waals surface area (Å²) in [7, 11) is 0. The van der Waals surface area contributed by atoms with Gasteiger partial charge in [-0.25, -0.2) is 4.63 Å². The largest absolute Gasteiger partial charge is 0.494 e. The highest BCUT2D eigenvalue weighted by Gasteiger charge is 2.21. The van der Waals surface area contributed by atoms with E-state index in [0.717, 1.165) is 35.1 Å². The van der Waals surface area contributed by atoms with Crippen molar-refractivity contribution in [3.63, 3.8) is 0 Å². The maximum Gasteiger partial charge on any atom is 0.292 e. The quantitative estimate of drug-likeness (QED) is 0.443. The molecule has 0 saturated heterocycles. The smallest absolute Gasteiger partial charge is 0.292 e. The Hall–Kier alpha value is -3.61. The number of hydrogen-bond acceptors (Lipinski definition) is 6. The molecule has 154 valence electrons. The predicted octanol–water partition coefficient (Wildman–Crippen LogP) is 5.39. The van der Waals surface area contributed by atoms with Gasteiger partial charge in [-0.2, -0.15) is 0 Å². The number of aryl methyl sites for hydroxylation is 2. The van der Waals surface area contributed by atoms with Crippen LogP contribution in [0.3, 0.4) is 0 Å². The highest BCUT2D eigenvalue weighted by molar-refractivity contribution is 6.07. The Morgan fingerprint density at radius 3 is 2.63 bits per heavy atom. The van der Waals surface area contributed by atoms with Crippen molar-refractivity contribution < 1.29 is 18.6 Å². The third-order valence-electron chi connectivity index (χ3n) is 4.94. The minimum absolute atomic E-state index is 0.233. The summed E-state index contributed by atoms with van der Waals surface area (Å²) in [5, 5.41) is 11.5. The summed E-state index contributed by atoms with van der Waals surface area (Å²) in [6, 6.07) is 13.3. The molecule has 2 heterocycles. The van der Waals surface area contributed by atoms with E-state index in [1.807, 2.05) is 43.3 Å².